The van der Waals surface area contributed by atoms with Crippen LogP contribution in [-0.4, -0.2) is 58.4 Å². The lowest BCUT2D eigenvalue weighted by molar-refractivity contribution is -0.139. The summed E-state index contributed by atoms with van der Waals surface area (Å²) in [7, 11) is 1.59. The van der Waals surface area contributed by atoms with Crippen LogP contribution in [0.5, 0.6) is 5.75 Å². The third-order valence-corrected chi connectivity index (χ3v) is 8.51. The number of thiazole rings is 1. The number of ether oxygens (including phenoxy) is 1. The first-order chi connectivity index (χ1) is 16.5. The second kappa shape index (κ2) is 12.0. The molecule has 1 N–H and O–H groups in total. The number of fused-ring (bicyclic) bond motifs is 1. The lowest BCUT2D eigenvalue weighted by Gasteiger charge is -2.38. The van der Waals surface area contributed by atoms with E-state index in [0.29, 0.717) is 24.2 Å². The van der Waals surface area contributed by atoms with Gasteiger partial charge in [0.1, 0.15) is 16.3 Å². The number of methoxy groups -OCH3 is 1. The molecule has 0 saturated carbocycles. The van der Waals surface area contributed by atoms with E-state index >= 15 is 4.39 Å². The molecule has 3 heterocycles. The molecule has 1 aromatic carbocycles. The van der Waals surface area contributed by atoms with Crippen LogP contribution in [0, 0.1) is 11.8 Å². The van der Waals surface area contributed by atoms with Gasteiger partial charge in [0.2, 0.25) is 0 Å². The van der Waals surface area contributed by atoms with E-state index in [0.717, 1.165) is 47.1 Å². The van der Waals surface area contributed by atoms with Crippen LogP contribution in [0.2, 0.25) is 0 Å². The van der Waals surface area contributed by atoms with Crippen LogP contribution in [-0.2, 0) is 4.79 Å². The summed E-state index contributed by atoms with van der Waals surface area (Å²) in [6, 6.07) is 7.24. The zero-order valence-corrected chi connectivity index (χ0v) is 20.9. The van der Waals surface area contributed by atoms with E-state index in [1.807, 2.05) is 29.8 Å². The maximum absolute atomic E-state index is 15.4. The average Bonchev–Trinajstić information content (AvgIpc) is 3.36. The van der Waals surface area contributed by atoms with Crippen LogP contribution in [0.25, 0.3) is 10.9 Å². The van der Waals surface area contributed by atoms with Crippen molar-refractivity contribution in [1.29, 1.82) is 0 Å². The quantitative estimate of drug-likeness (QED) is 0.337. The van der Waals surface area contributed by atoms with Gasteiger partial charge in [-0.2, -0.15) is 0 Å². The number of nitrogens with zero attached hydrogens (tertiary/aromatic N) is 3. The molecule has 1 aliphatic rings. The molecule has 4 rings (SSSR count). The number of halogens is 1. The van der Waals surface area contributed by atoms with E-state index in [-0.39, 0.29) is 18.3 Å². The van der Waals surface area contributed by atoms with E-state index in [9.17, 15) is 9.90 Å². The maximum Gasteiger partial charge on any atom is 0.303 e. The second-order valence-corrected chi connectivity index (χ2v) is 10.9. The number of pyridine rings is 1. The molecule has 1 aliphatic heterocycles. The van der Waals surface area contributed by atoms with Crippen LogP contribution in [0.3, 0.4) is 0 Å². The minimum atomic E-state index is -1.13. The standard InChI is InChI=1S/C25H30FN3O3S2/c1-32-19-3-5-23-21(15-19)20(6-8-27-23)22(26)4-2-17-7-10-29(16-18(17)14-24(30)31)11-13-34-25-28-9-12-33-25/h3,5-6,8-9,12,15,17-18,22H,2,4,7,10-11,13-14,16H2,1H3,(H,30,31)/t17-,18+,22+/m1/s1. The van der Waals surface area contributed by atoms with Crippen molar-refractivity contribution in [1.82, 2.24) is 14.9 Å². The number of benzene rings is 1. The fourth-order valence-corrected chi connectivity index (χ4v) is 6.51. The van der Waals surface area contributed by atoms with Gasteiger partial charge < -0.3 is 14.7 Å². The number of hydrogen-bond donors (Lipinski definition) is 1. The number of aromatic nitrogens is 2. The summed E-state index contributed by atoms with van der Waals surface area (Å²) in [4.78, 5) is 22.5. The Hall–Kier alpha value is -2.23. The van der Waals surface area contributed by atoms with Gasteiger partial charge in [-0.1, -0.05) is 11.8 Å². The molecule has 0 unspecified atom stereocenters. The largest absolute Gasteiger partial charge is 0.497 e. The highest BCUT2D eigenvalue weighted by Crippen LogP contribution is 2.36. The molecule has 182 valence electrons. The Morgan fingerprint density at radius 3 is 2.97 bits per heavy atom. The fraction of sp³-hybridized carbons (Fsp3) is 0.480. The SMILES string of the molecule is COc1ccc2nccc([C@@H](F)CC[C@@H]3CCN(CCSc4nccs4)C[C@@H]3CC(=O)O)c2c1. The summed E-state index contributed by atoms with van der Waals surface area (Å²) >= 11 is 3.38. The molecule has 9 heteroatoms. The monoisotopic (exact) mass is 503 g/mol. The van der Waals surface area contributed by atoms with Crippen molar-refractivity contribution in [3.63, 3.8) is 0 Å². The van der Waals surface area contributed by atoms with Gasteiger partial charge in [-0.15, -0.1) is 11.3 Å². The number of thioether (sulfide) groups is 1. The van der Waals surface area contributed by atoms with Crippen molar-refractivity contribution < 1.29 is 19.0 Å². The highest BCUT2D eigenvalue weighted by molar-refractivity contribution is 8.01. The zero-order valence-electron chi connectivity index (χ0n) is 19.2. The van der Waals surface area contributed by atoms with Crippen molar-refractivity contribution in [3.8, 4) is 5.75 Å². The molecule has 1 fully saturated rings. The molecule has 6 nitrogen and oxygen atoms in total. The lowest BCUT2D eigenvalue weighted by atomic mass is 9.79. The van der Waals surface area contributed by atoms with Gasteiger partial charge in [0.25, 0.3) is 0 Å². The molecule has 0 bridgehead atoms. The topological polar surface area (TPSA) is 75.5 Å². The van der Waals surface area contributed by atoms with E-state index in [1.165, 1.54) is 0 Å². The third kappa shape index (κ3) is 6.46. The average molecular weight is 504 g/mol. The summed E-state index contributed by atoms with van der Waals surface area (Å²) in [5, 5.41) is 12.2. The van der Waals surface area contributed by atoms with Gasteiger partial charge in [-0.3, -0.25) is 9.78 Å². The number of carboxylic acid groups (broad SMARTS) is 1. The van der Waals surface area contributed by atoms with Gasteiger partial charge in [-0.25, -0.2) is 9.37 Å². The number of hydrogen-bond acceptors (Lipinski definition) is 7. The van der Waals surface area contributed by atoms with Crippen molar-refractivity contribution >= 4 is 40.0 Å². The van der Waals surface area contributed by atoms with Crippen LogP contribution < -0.4 is 4.74 Å². The molecule has 3 aromatic rings. The molecule has 0 spiro atoms. The summed E-state index contributed by atoms with van der Waals surface area (Å²) < 4.78 is 21.8. The number of rotatable bonds is 11. The Balaban J connectivity index is 1.35. The Bertz CT molecular complexity index is 1080. The summed E-state index contributed by atoms with van der Waals surface area (Å²) in [6.07, 6.45) is 4.41. The van der Waals surface area contributed by atoms with Crippen molar-refractivity contribution in [2.24, 2.45) is 11.8 Å². The van der Waals surface area contributed by atoms with Crippen LogP contribution >= 0.6 is 23.1 Å². The molecule has 0 aliphatic carbocycles. The Labute approximate surface area is 207 Å². The molecule has 2 aromatic heterocycles. The first kappa shape index (κ1) is 24.9. The van der Waals surface area contributed by atoms with Gasteiger partial charge in [0, 0.05) is 48.4 Å². The Morgan fingerprint density at radius 1 is 1.32 bits per heavy atom. The molecular weight excluding hydrogens is 473 g/mol. The van der Waals surface area contributed by atoms with E-state index in [4.69, 9.17) is 4.74 Å². The highest BCUT2D eigenvalue weighted by atomic mass is 32.2. The number of carboxylic acids is 1. The Morgan fingerprint density at radius 2 is 2.21 bits per heavy atom. The van der Waals surface area contributed by atoms with Crippen LogP contribution in [0.1, 0.15) is 37.4 Å². The number of aliphatic carboxylic acids is 1. The van der Waals surface area contributed by atoms with Crippen molar-refractivity contribution in [3.05, 3.63) is 47.6 Å². The molecule has 34 heavy (non-hydrogen) atoms. The minimum absolute atomic E-state index is 0.0394. The molecule has 0 radical (unpaired) electrons. The molecular formula is C25H30FN3O3S2. The first-order valence-corrected chi connectivity index (χ1v) is 13.4. The van der Waals surface area contributed by atoms with Gasteiger partial charge >= 0.3 is 5.97 Å². The predicted molar refractivity (Wildman–Crippen MR) is 135 cm³/mol. The van der Waals surface area contributed by atoms with Gasteiger partial charge in [-0.05, 0) is 67.5 Å². The Kier molecular flexibility index (Phi) is 8.74. The summed E-state index contributed by atoms with van der Waals surface area (Å²) in [5.74, 6) is 1.08. The number of carbonyl (C=O) groups is 1. The van der Waals surface area contributed by atoms with Crippen LogP contribution in [0.15, 0.2) is 46.4 Å². The number of piperidine rings is 1. The van der Waals surface area contributed by atoms with Crippen LogP contribution in [0.4, 0.5) is 4.39 Å². The van der Waals surface area contributed by atoms with E-state index in [1.54, 1.807) is 42.5 Å². The third-order valence-electron chi connectivity index (χ3n) is 6.57. The smallest absolute Gasteiger partial charge is 0.303 e. The lowest BCUT2D eigenvalue weighted by Crippen LogP contribution is -2.42. The fourth-order valence-electron chi connectivity index (χ4n) is 4.80. The molecule has 0 amide bonds. The van der Waals surface area contributed by atoms with E-state index < -0.39 is 12.1 Å². The summed E-state index contributed by atoms with van der Waals surface area (Å²) in [5.41, 5.74) is 1.36. The van der Waals surface area contributed by atoms with Crippen molar-refractivity contribution in [2.45, 2.75) is 36.2 Å². The van der Waals surface area contributed by atoms with E-state index in [2.05, 4.69) is 14.9 Å². The zero-order chi connectivity index (χ0) is 23.9. The molecule has 3 atom stereocenters. The number of likely N-dealkylation sites (tertiary alicyclic amines) is 1. The second-order valence-electron chi connectivity index (χ2n) is 8.68. The first-order valence-electron chi connectivity index (χ1n) is 11.6. The minimum Gasteiger partial charge on any atom is -0.497 e. The van der Waals surface area contributed by atoms with Gasteiger partial charge in [0.15, 0.2) is 0 Å². The number of alkyl halides is 1. The van der Waals surface area contributed by atoms with Crippen molar-refractivity contribution in [2.75, 3.05) is 32.5 Å². The van der Waals surface area contributed by atoms with Gasteiger partial charge in [0.05, 0.1) is 12.6 Å². The maximum atomic E-state index is 15.4. The highest BCUT2D eigenvalue weighted by Gasteiger charge is 2.31. The predicted octanol–water partition coefficient (Wildman–Crippen LogP) is 5.70. The summed E-state index contributed by atoms with van der Waals surface area (Å²) in [6.45, 7) is 2.58. The molecule has 1 saturated heterocycles. The normalized spacial score (nSPS) is 19.8.